The van der Waals surface area contributed by atoms with Crippen molar-refractivity contribution < 1.29 is 4.74 Å². The van der Waals surface area contributed by atoms with Gasteiger partial charge < -0.3 is 10.5 Å². The fraction of sp³-hybridized carbons (Fsp3) is 1.00. The van der Waals surface area contributed by atoms with Crippen LogP contribution in [-0.2, 0) is 4.74 Å². The maximum Gasteiger partial charge on any atom is 0.0656 e. The number of methoxy groups -OCH3 is 1. The van der Waals surface area contributed by atoms with E-state index >= 15 is 0 Å². The van der Waals surface area contributed by atoms with E-state index in [1.807, 2.05) is 0 Å². The number of hydrogen-bond donors (Lipinski definition) is 1. The van der Waals surface area contributed by atoms with Crippen LogP contribution in [0.3, 0.4) is 0 Å². The highest BCUT2D eigenvalue weighted by molar-refractivity contribution is 4.95. The highest BCUT2D eigenvalue weighted by Crippen LogP contribution is 2.25. The van der Waals surface area contributed by atoms with E-state index in [-0.39, 0.29) is 5.54 Å². The van der Waals surface area contributed by atoms with Crippen LogP contribution in [0.1, 0.15) is 32.6 Å². The van der Waals surface area contributed by atoms with Gasteiger partial charge in [0.05, 0.1) is 12.1 Å². The van der Waals surface area contributed by atoms with E-state index in [1.54, 1.807) is 7.11 Å². The summed E-state index contributed by atoms with van der Waals surface area (Å²) in [6.07, 6.45) is 5.46. The lowest BCUT2D eigenvalue weighted by Crippen LogP contribution is -2.54. The molecule has 106 valence electrons. The van der Waals surface area contributed by atoms with Crippen LogP contribution in [0, 0.1) is 0 Å². The zero-order valence-corrected chi connectivity index (χ0v) is 12.0. The molecule has 0 aliphatic carbocycles. The summed E-state index contributed by atoms with van der Waals surface area (Å²) < 4.78 is 5.36. The minimum Gasteiger partial charge on any atom is -0.383 e. The minimum atomic E-state index is 0.0132. The zero-order valence-electron chi connectivity index (χ0n) is 12.0. The quantitative estimate of drug-likeness (QED) is 0.793. The van der Waals surface area contributed by atoms with Crippen molar-refractivity contribution in [2.45, 2.75) is 44.2 Å². The normalized spacial score (nSPS) is 30.5. The van der Waals surface area contributed by atoms with Crippen LogP contribution >= 0.6 is 0 Å². The lowest BCUT2D eigenvalue weighted by atomic mass is 10.0. The number of ether oxygens (including phenoxy) is 1. The third-order valence-corrected chi connectivity index (χ3v) is 4.73. The number of rotatable bonds is 5. The minimum absolute atomic E-state index is 0.0132. The summed E-state index contributed by atoms with van der Waals surface area (Å²) in [4.78, 5) is 5.23. The number of piperidine rings is 1. The van der Waals surface area contributed by atoms with Gasteiger partial charge in [-0.1, -0.05) is 6.42 Å². The highest BCUT2D eigenvalue weighted by Gasteiger charge is 2.38. The molecule has 0 aromatic heterocycles. The summed E-state index contributed by atoms with van der Waals surface area (Å²) in [6, 6.07) is 0.744. The fourth-order valence-corrected chi connectivity index (χ4v) is 3.40. The molecule has 0 aromatic carbocycles. The molecule has 2 aliphatic rings. The molecule has 0 amide bonds. The Bertz CT molecular complexity index is 255. The maximum absolute atomic E-state index is 5.96. The average molecular weight is 255 g/mol. The molecular formula is C14H29N3O. The van der Waals surface area contributed by atoms with E-state index in [1.165, 1.54) is 38.8 Å². The van der Waals surface area contributed by atoms with Crippen LogP contribution in [0.2, 0.25) is 0 Å². The summed E-state index contributed by atoms with van der Waals surface area (Å²) in [6.45, 7) is 8.55. The number of hydrogen-bond acceptors (Lipinski definition) is 4. The van der Waals surface area contributed by atoms with E-state index in [2.05, 4.69) is 16.7 Å². The largest absolute Gasteiger partial charge is 0.383 e. The molecule has 4 heteroatoms. The number of nitrogens with zero attached hydrogens (tertiary/aromatic N) is 2. The third-order valence-electron chi connectivity index (χ3n) is 4.73. The van der Waals surface area contributed by atoms with Crippen molar-refractivity contribution in [3.63, 3.8) is 0 Å². The predicted octanol–water partition coefficient (Wildman–Crippen LogP) is 0.910. The van der Waals surface area contributed by atoms with Gasteiger partial charge in [0.2, 0.25) is 0 Å². The third kappa shape index (κ3) is 3.05. The van der Waals surface area contributed by atoms with Gasteiger partial charge in [-0.15, -0.1) is 0 Å². The van der Waals surface area contributed by atoms with E-state index in [9.17, 15) is 0 Å². The van der Waals surface area contributed by atoms with Gasteiger partial charge in [0, 0.05) is 32.8 Å². The molecule has 2 atom stereocenters. The van der Waals surface area contributed by atoms with Gasteiger partial charge in [0.1, 0.15) is 0 Å². The van der Waals surface area contributed by atoms with Crippen molar-refractivity contribution in [1.29, 1.82) is 0 Å². The lowest BCUT2D eigenvalue weighted by Gasteiger charge is -2.38. The second kappa shape index (κ2) is 6.33. The fourth-order valence-electron chi connectivity index (χ4n) is 3.40. The molecule has 18 heavy (non-hydrogen) atoms. The van der Waals surface area contributed by atoms with Gasteiger partial charge >= 0.3 is 0 Å². The summed E-state index contributed by atoms with van der Waals surface area (Å²) in [5.74, 6) is 0. The Morgan fingerprint density at radius 1 is 1.22 bits per heavy atom. The van der Waals surface area contributed by atoms with Gasteiger partial charge in [-0.25, -0.2) is 0 Å². The van der Waals surface area contributed by atoms with Gasteiger partial charge in [-0.2, -0.15) is 0 Å². The lowest BCUT2D eigenvalue weighted by molar-refractivity contribution is 0.0357. The van der Waals surface area contributed by atoms with Crippen LogP contribution in [0.25, 0.3) is 0 Å². The van der Waals surface area contributed by atoms with Gasteiger partial charge in [-0.3, -0.25) is 9.80 Å². The molecule has 0 saturated carbocycles. The Labute approximate surface area is 111 Å². The van der Waals surface area contributed by atoms with Crippen LogP contribution < -0.4 is 5.73 Å². The SMILES string of the molecule is COCC(C)(CN)N1CCC(N2CCCCC2)C1. The summed E-state index contributed by atoms with van der Waals surface area (Å²) in [5, 5.41) is 0. The van der Waals surface area contributed by atoms with Crippen molar-refractivity contribution in [3.05, 3.63) is 0 Å². The van der Waals surface area contributed by atoms with Gasteiger partial charge in [0.15, 0.2) is 0 Å². The van der Waals surface area contributed by atoms with Crippen LogP contribution in [0.4, 0.5) is 0 Å². The number of likely N-dealkylation sites (tertiary alicyclic amines) is 2. The van der Waals surface area contributed by atoms with Crippen LogP contribution in [0.5, 0.6) is 0 Å². The van der Waals surface area contributed by atoms with Crippen molar-refractivity contribution in [1.82, 2.24) is 9.80 Å². The van der Waals surface area contributed by atoms with E-state index in [0.29, 0.717) is 6.54 Å². The Balaban J connectivity index is 1.90. The number of nitrogens with two attached hydrogens (primary N) is 1. The predicted molar refractivity (Wildman–Crippen MR) is 74.7 cm³/mol. The topological polar surface area (TPSA) is 41.7 Å². The van der Waals surface area contributed by atoms with Crippen molar-refractivity contribution >= 4 is 0 Å². The first-order valence-electron chi connectivity index (χ1n) is 7.38. The first-order valence-corrected chi connectivity index (χ1v) is 7.38. The molecule has 0 spiro atoms. The van der Waals surface area contributed by atoms with Gasteiger partial charge in [0.25, 0.3) is 0 Å². The van der Waals surface area contributed by atoms with Crippen molar-refractivity contribution in [2.75, 3.05) is 46.4 Å². The van der Waals surface area contributed by atoms with Crippen LogP contribution in [0.15, 0.2) is 0 Å². The molecule has 4 nitrogen and oxygen atoms in total. The highest BCUT2D eigenvalue weighted by atomic mass is 16.5. The molecule has 2 aliphatic heterocycles. The molecule has 2 rings (SSSR count). The Morgan fingerprint density at radius 3 is 2.56 bits per heavy atom. The van der Waals surface area contributed by atoms with E-state index in [4.69, 9.17) is 10.5 Å². The average Bonchev–Trinajstić information content (AvgIpc) is 2.90. The molecule has 0 bridgehead atoms. The molecule has 2 saturated heterocycles. The molecule has 2 unspecified atom stereocenters. The maximum atomic E-state index is 5.96. The molecule has 2 N–H and O–H groups in total. The smallest absolute Gasteiger partial charge is 0.0656 e. The van der Waals surface area contributed by atoms with Crippen molar-refractivity contribution in [2.24, 2.45) is 5.73 Å². The second-order valence-electron chi connectivity index (χ2n) is 6.12. The van der Waals surface area contributed by atoms with E-state index < -0.39 is 0 Å². The van der Waals surface area contributed by atoms with Crippen molar-refractivity contribution in [3.8, 4) is 0 Å². The summed E-state index contributed by atoms with van der Waals surface area (Å²) >= 11 is 0. The first kappa shape index (κ1) is 14.3. The standard InChI is InChI=1S/C14H29N3O/c1-14(11-15,12-18-2)17-9-6-13(10-17)16-7-4-3-5-8-16/h13H,3-12,15H2,1-2H3. The van der Waals surface area contributed by atoms with E-state index in [0.717, 1.165) is 25.7 Å². The Kier molecular flexibility index (Phi) is 5.01. The molecule has 0 aromatic rings. The summed E-state index contributed by atoms with van der Waals surface area (Å²) in [5.41, 5.74) is 5.97. The zero-order chi connectivity index (χ0) is 13.0. The second-order valence-corrected chi connectivity index (χ2v) is 6.12. The van der Waals surface area contributed by atoms with Gasteiger partial charge in [-0.05, 0) is 39.3 Å². The van der Waals surface area contributed by atoms with Crippen LogP contribution in [-0.4, -0.2) is 67.8 Å². The molecule has 2 fully saturated rings. The Hall–Kier alpha value is -0.160. The molecule has 0 radical (unpaired) electrons. The monoisotopic (exact) mass is 255 g/mol. The Morgan fingerprint density at radius 2 is 1.94 bits per heavy atom. The first-order chi connectivity index (χ1) is 8.69. The summed E-state index contributed by atoms with van der Waals surface area (Å²) in [7, 11) is 1.77. The molecule has 2 heterocycles. The molecular weight excluding hydrogens is 226 g/mol.